The summed E-state index contributed by atoms with van der Waals surface area (Å²) in [4.78, 5) is 17.4. The van der Waals surface area contributed by atoms with Crippen LogP contribution in [-0.4, -0.2) is 64.1 Å². The van der Waals surface area contributed by atoms with Crippen LogP contribution >= 0.6 is 0 Å². The van der Waals surface area contributed by atoms with Gasteiger partial charge in [0.2, 0.25) is 0 Å². The van der Waals surface area contributed by atoms with Gasteiger partial charge >= 0.3 is 0 Å². The van der Waals surface area contributed by atoms with Crippen molar-refractivity contribution in [3.8, 4) is 11.1 Å². The molecule has 35 heavy (non-hydrogen) atoms. The zero-order valence-electron chi connectivity index (χ0n) is 20.4. The summed E-state index contributed by atoms with van der Waals surface area (Å²) in [6, 6.07) is 7.99. The Morgan fingerprint density at radius 2 is 2.03 bits per heavy atom. The molecule has 3 heterocycles. The van der Waals surface area contributed by atoms with Crippen molar-refractivity contribution in [2.75, 3.05) is 37.0 Å². The van der Waals surface area contributed by atoms with E-state index < -0.39 is 0 Å². The number of rotatable bonds is 9. The number of hydrogen-bond donors (Lipinski definition) is 4. The second kappa shape index (κ2) is 10.2. The first-order valence-electron chi connectivity index (χ1n) is 12.5. The average Bonchev–Trinajstić information content (AvgIpc) is 3.58. The molecule has 9 nitrogen and oxygen atoms in total. The summed E-state index contributed by atoms with van der Waals surface area (Å²) in [5.74, 6) is 2.05. The highest BCUT2D eigenvalue weighted by Gasteiger charge is 2.25. The molecule has 1 saturated carbocycles. The topological polar surface area (TPSA) is 113 Å². The molecule has 1 aliphatic carbocycles. The fraction of sp³-hybridized carbons (Fsp3) is 0.500. The number of ether oxygens (including phenoxy) is 1. The fourth-order valence-electron chi connectivity index (χ4n) is 4.44. The number of benzene rings is 1. The molecule has 1 atom stereocenters. The molecule has 9 heteroatoms. The lowest BCUT2D eigenvalue weighted by atomic mass is 10.0. The summed E-state index contributed by atoms with van der Waals surface area (Å²) in [7, 11) is 0. The number of aryl methyl sites for hydroxylation is 1. The first kappa shape index (κ1) is 23.6. The molecule has 4 N–H and O–H groups in total. The summed E-state index contributed by atoms with van der Waals surface area (Å²) in [6.07, 6.45) is 6.02. The van der Waals surface area contributed by atoms with Gasteiger partial charge in [-0.15, -0.1) is 0 Å². The minimum absolute atomic E-state index is 0.00733. The molecule has 0 radical (unpaired) electrons. The van der Waals surface area contributed by atoms with Crippen LogP contribution < -0.4 is 16.0 Å². The van der Waals surface area contributed by atoms with Crippen molar-refractivity contribution in [2.45, 2.75) is 51.6 Å². The summed E-state index contributed by atoms with van der Waals surface area (Å²) in [5.41, 5.74) is 4.17. The van der Waals surface area contributed by atoms with E-state index in [2.05, 4.69) is 21.0 Å². The Balaban J connectivity index is 1.46. The van der Waals surface area contributed by atoms with E-state index in [-0.39, 0.29) is 18.6 Å². The molecule has 186 valence electrons. The van der Waals surface area contributed by atoms with Crippen LogP contribution in [0, 0.1) is 12.8 Å². The van der Waals surface area contributed by atoms with Gasteiger partial charge in [-0.1, -0.05) is 12.1 Å². The molecule has 2 aromatic heterocycles. The van der Waals surface area contributed by atoms with Crippen LogP contribution in [0.3, 0.4) is 0 Å². The minimum Gasteiger partial charge on any atom is -0.394 e. The van der Waals surface area contributed by atoms with Gasteiger partial charge in [0.25, 0.3) is 5.91 Å². The molecule has 0 spiro atoms. The van der Waals surface area contributed by atoms with Gasteiger partial charge in [-0.3, -0.25) is 4.79 Å². The van der Waals surface area contributed by atoms with E-state index in [0.29, 0.717) is 29.0 Å². The van der Waals surface area contributed by atoms with Gasteiger partial charge in [0.05, 0.1) is 12.8 Å². The van der Waals surface area contributed by atoms with Gasteiger partial charge in [-0.05, 0) is 62.6 Å². The Labute approximate surface area is 205 Å². The molecule has 5 rings (SSSR count). The molecular weight excluding hydrogens is 444 g/mol. The lowest BCUT2D eigenvalue weighted by molar-refractivity contribution is 0.0699. The van der Waals surface area contributed by atoms with Crippen molar-refractivity contribution in [3.63, 3.8) is 0 Å². The normalized spacial score (nSPS) is 17.3. The van der Waals surface area contributed by atoms with E-state index in [9.17, 15) is 9.90 Å². The molecule has 2 aliphatic rings. The van der Waals surface area contributed by atoms with Crippen LogP contribution in [0.5, 0.6) is 0 Å². The highest BCUT2D eigenvalue weighted by molar-refractivity contribution is 5.97. The molecule has 1 aliphatic heterocycles. The van der Waals surface area contributed by atoms with Crippen LogP contribution in [0.15, 0.2) is 30.5 Å². The summed E-state index contributed by atoms with van der Waals surface area (Å²) >= 11 is 0. The van der Waals surface area contributed by atoms with Gasteiger partial charge in [0.15, 0.2) is 5.65 Å². The lowest BCUT2D eigenvalue weighted by Gasteiger charge is -2.23. The van der Waals surface area contributed by atoms with Crippen molar-refractivity contribution < 1.29 is 14.6 Å². The monoisotopic (exact) mass is 478 g/mol. The van der Waals surface area contributed by atoms with Gasteiger partial charge in [-0.2, -0.15) is 9.61 Å². The Morgan fingerprint density at radius 3 is 2.74 bits per heavy atom. The van der Waals surface area contributed by atoms with Gasteiger partial charge in [-0.25, -0.2) is 4.98 Å². The van der Waals surface area contributed by atoms with Crippen LogP contribution in [-0.2, 0) is 4.74 Å². The maximum atomic E-state index is 12.6. The number of amides is 1. The summed E-state index contributed by atoms with van der Waals surface area (Å²) in [6.45, 7) is 6.32. The Hall–Kier alpha value is -3.17. The molecule has 1 aromatic carbocycles. The molecule has 0 unspecified atom stereocenters. The van der Waals surface area contributed by atoms with Crippen LogP contribution in [0.2, 0.25) is 0 Å². The van der Waals surface area contributed by atoms with E-state index in [4.69, 9.17) is 9.72 Å². The molecule has 1 amide bonds. The van der Waals surface area contributed by atoms with E-state index >= 15 is 0 Å². The number of anilines is 2. The van der Waals surface area contributed by atoms with Gasteiger partial charge in [0.1, 0.15) is 11.6 Å². The van der Waals surface area contributed by atoms with E-state index in [0.717, 1.165) is 68.0 Å². The number of nitrogens with zero attached hydrogens (tertiary/aromatic N) is 3. The van der Waals surface area contributed by atoms with Crippen molar-refractivity contribution in [3.05, 3.63) is 41.6 Å². The number of carbonyl (C=O) groups is 1. The van der Waals surface area contributed by atoms with Gasteiger partial charge < -0.3 is 25.8 Å². The highest BCUT2D eigenvalue weighted by atomic mass is 16.5. The van der Waals surface area contributed by atoms with E-state index in [1.807, 2.05) is 48.8 Å². The van der Waals surface area contributed by atoms with Crippen molar-refractivity contribution in [2.24, 2.45) is 5.92 Å². The van der Waals surface area contributed by atoms with Crippen molar-refractivity contribution in [1.82, 2.24) is 19.9 Å². The lowest BCUT2D eigenvalue weighted by Crippen LogP contribution is -2.26. The number of aromatic nitrogens is 3. The predicted octanol–water partition coefficient (Wildman–Crippen LogP) is 3.23. The SMILES string of the molecule is Cc1cc(-c2cnn3c(NCC4CCOCC4)cc(N[C@@H](C)CO)nc23)ccc1C(=O)NC1CC1. The Kier molecular flexibility index (Phi) is 6.88. The van der Waals surface area contributed by atoms with E-state index in [1.54, 1.807) is 0 Å². The van der Waals surface area contributed by atoms with Crippen LogP contribution in [0.1, 0.15) is 48.5 Å². The summed E-state index contributed by atoms with van der Waals surface area (Å²) in [5, 5.41) is 24.1. The quantitative estimate of drug-likeness (QED) is 0.373. The predicted molar refractivity (Wildman–Crippen MR) is 136 cm³/mol. The molecule has 1 saturated heterocycles. The molecule has 3 aromatic rings. The van der Waals surface area contributed by atoms with Crippen LogP contribution in [0.4, 0.5) is 11.6 Å². The third-order valence-corrected chi connectivity index (χ3v) is 6.75. The molecular formula is C26H34N6O3. The maximum Gasteiger partial charge on any atom is 0.251 e. The first-order chi connectivity index (χ1) is 17.0. The second-order valence-electron chi connectivity index (χ2n) is 9.76. The zero-order valence-corrected chi connectivity index (χ0v) is 20.4. The number of nitrogens with one attached hydrogen (secondary N) is 3. The smallest absolute Gasteiger partial charge is 0.251 e. The largest absolute Gasteiger partial charge is 0.394 e. The number of aliphatic hydroxyl groups excluding tert-OH is 1. The first-order valence-corrected chi connectivity index (χ1v) is 12.5. The minimum atomic E-state index is -0.133. The second-order valence-corrected chi connectivity index (χ2v) is 9.76. The number of hydrogen-bond acceptors (Lipinski definition) is 7. The average molecular weight is 479 g/mol. The highest BCUT2D eigenvalue weighted by Crippen LogP contribution is 2.29. The molecule has 0 bridgehead atoms. The molecule has 2 fully saturated rings. The van der Waals surface area contributed by atoms with Crippen molar-refractivity contribution >= 4 is 23.2 Å². The zero-order chi connectivity index (χ0) is 24.4. The van der Waals surface area contributed by atoms with Gasteiger partial charge in [0, 0.05) is 49.0 Å². The Morgan fingerprint density at radius 1 is 1.23 bits per heavy atom. The fourth-order valence-corrected chi connectivity index (χ4v) is 4.44. The standard InChI is InChI=1S/C26H34N6O3/c1-16-11-19(3-6-21(16)26(34)30-20-4-5-20)22-14-28-32-24(27-13-18-7-9-35-10-8-18)12-23(31-25(22)32)29-17(2)15-33/h3,6,11-12,14,17-18,20,27,33H,4-5,7-10,13,15H2,1-2H3,(H,29,31)(H,30,34)/t17-/m0/s1. The number of carbonyl (C=O) groups excluding carboxylic acids is 1. The summed E-state index contributed by atoms with van der Waals surface area (Å²) < 4.78 is 7.32. The Bertz CT molecular complexity index is 1200. The van der Waals surface area contributed by atoms with E-state index in [1.165, 1.54) is 0 Å². The third kappa shape index (κ3) is 5.41. The third-order valence-electron chi connectivity index (χ3n) is 6.75. The number of fused-ring (bicyclic) bond motifs is 1. The number of aliphatic hydroxyl groups is 1. The van der Waals surface area contributed by atoms with Crippen molar-refractivity contribution in [1.29, 1.82) is 0 Å². The maximum absolute atomic E-state index is 12.6. The van der Waals surface area contributed by atoms with Crippen LogP contribution in [0.25, 0.3) is 16.8 Å².